The lowest BCUT2D eigenvalue weighted by Gasteiger charge is -2.40. The van der Waals surface area contributed by atoms with Crippen molar-refractivity contribution in [1.82, 2.24) is 24.9 Å². The van der Waals surface area contributed by atoms with Gasteiger partial charge in [-0.2, -0.15) is 0 Å². The Morgan fingerprint density at radius 1 is 1.00 bits per heavy atom. The van der Waals surface area contributed by atoms with E-state index in [9.17, 15) is 4.79 Å². The van der Waals surface area contributed by atoms with Gasteiger partial charge in [0, 0.05) is 52.9 Å². The number of hydrogen-bond acceptors (Lipinski definition) is 5. The van der Waals surface area contributed by atoms with Crippen LogP contribution in [0.3, 0.4) is 0 Å². The molecule has 0 radical (unpaired) electrons. The molecule has 0 spiro atoms. The third kappa shape index (κ3) is 5.23. The van der Waals surface area contributed by atoms with Crippen molar-refractivity contribution in [3.8, 4) is 0 Å². The second kappa shape index (κ2) is 10.5. The van der Waals surface area contributed by atoms with Crippen molar-refractivity contribution in [2.24, 2.45) is 4.99 Å². The van der Waals surface area contributed by atoms with Crippen molar-refractivity contribution in [3.63, 3.8) is 0 Å². The molecule has 1 aromatic heterocycles. The molecule has 1 aromatic rings. The summed E-state index contributed by atoms with van der Waals surface area (Å²) in [6.07, 6.45) is 6.55. The predicted octanol–water partition coefficient (Wildman–Crippen LogP) is 1.62. The van der Waals surface area contributed by atoms with Gasteiger partial charge in [0.05, 0.1) is 18.3 Å². The molecule has 3 aliphatic rings. The van der Waals surface area contributed by atoms with E-state index in [2.05, 4.69) is 38.0 Å². The highest BCUT2D eigenvalue weighted by Crippen LogP contribution is 2.25. The third-order valence-electron chi connectivity index (χ3n) is 7.06. The Balaban J connectivity index is 1.29. The van der Waals surface area contributed by atoms with E-state index < -0.39 is 0 Å². The summed E-state index contributed by atoms with van der Waals surface area (Å²) < 4.78 is 5.75. The number of likely N-dealkylation sites (tertiary alicyclic amines) is 2. The molecular weight excluding hydrogens is 392 g/mol. The van der Waals surface area contributed by atoms with Crippen LogP contribution in [-0.2, 0) is 4.79 Å². The third-order valence-corrected chi connectivity index (χ3v) is 7.06. The van der Waals surface area contributed by atoms with Crippen LogP contribution >= 0.6 is 0 Å². The Kier molecular flexibility index (Phi) is 7.50. The first-order valence-corrected chi connectivity index (χ1v) is 11.9. The quantitative estimate of drug-likeness (QED) is 0.547. The minimum atomic E-state index is -0.0336. The number of amides is 1. The van der Waals surface area contributed by atoms with E-state index in [4.69, 9.17) is 4.42 Å². The van der Waals surface area contributed by atoms with Gasteiger partial charge < -0.3 is 19.5 Å². The molecule has 3 saturated heterocycles. The molecular formula is C23H38N6O2. The van der Waals surface area contributed by atoms with Crippen LogP contribution in [0.4, 0.5) is 0 Å². The number of furan rings is 1. The van der Waals surface area contributed by atoms with Crippen LogP contribution in [0.15, 0.2) is 27.8 Å². The first-order valence-electron chi connectivity index (χ1n) is 11.9. The van der Waals surface area contributed by atoms with Crippen LogP contribution in [0.5, 0.6) is 0 Å². The number of nitrogens with one attached hydrogen (secondary N) is 1. The maximum atomic E-state index is 12.8. The van der Waals surface area contributed by atoms with Gasteiger partial charge in [0.2, 0.25) is 5.91 Å². The molecule has 31 heavy (non-hydrogen) atoms. The number of piperazine rings is 1. The monoisotopic (exact) mass is 430 g/mol. The summed E-state index contributed by atoms with van der Waals surface area (Å²) >= 11 is 0. The van der Waals surface area contributed by atoms with Crippen LogP contribution in [0, 0.1) is 0 Å². The topological polar surface area (TPSA) is 67.6 Å². The highest BCUT2D eigenvalue weighted by atomic mass is 16.3. The van der Waals surface area contributed by atoms with Crippen LogP contribution < -0.4 is 5.32 Å². The van der Waals surface area contributed by atoms with Crippen LogP contribution in [-0.4, -0.2) is 103 Å². The molecule has 2 atom stereocenters. The molecule has 1 N–H and O–H groups in total. The minimum absolute atomic E-state index is 0.0336. The number of hydrogen-bond donors (Lipinski definition) is 1. The van der Waals surface area contributed by atoms with Gasteiger partial charge >= 0.3 is 0 Å². The van der Waals surface area contributed by atoms with E-state index in [0.29, 0.717) is 5.91 Å². The molecule has 3 fully saturated rings. The molecule has 2 unspecified atom stereocenters. The van der Waals surface area contributed by atoms with E-state index in [0.717, 1.165) is 83.5 Å². The SMILES string of the molecule is CN=C(NCC(c1ccco1)N1CCCC1)N1CCN(C(C)C(=O)N2CCCC2)CC1. The highest BCUT2D eigenvalue weighted by molar-refractivity contribution is 5.82. The standard InChI is InChI=1S/C23H38N6O2/c1-19(22(30)28-11-5-6-12-28)26-13-15-29(16-14-26)23(24-2)25-18-20(21-8-7-17-31-21)27-9-3-4-10-27/h7-8,17,19-20H,3-6,9-16,18H2,1-2H3,(H,24,25). The summed E-state index contributed by atoms with van der Waals surface area (Å²) in [6, 6.07) is 4.24. The van der Waals surface area contributed by atoms with Gasteiger partial charge in [0.15, 0.2) is 5.96 Å². The van der Waals surface area contributed by atoms with Crippen LogP contribution in [0.25, 0.3) is 0 Å². The fourth-order valence-electron chi connectivity index (χ4n) is 5.14. The zero-order chi connectivity index (χ0) is 21.6. The average molecular weight is 431 g/mol. The highest BCUT2D eigenvalue weighted by Gasteiger charge is 2.31. The normalized spacial score (nSPS) is 23.4. The summed E-state index contributed by atoms with van der Waals surface area (Å²) in [6.45, 7) is 10.5. The zero-order valence-electron chi connectivity index (χ0n) is 19.1. The lowest BCUT2D eigenvalue weighted by atomic mass is 10.2. The number of carbonyl (C=O) groups is 1. The largest absolute Gasteiger partial charge is 0.468 e. The Morgan fingerprint density at radius 3 is 2.29 bits per heavy atom. The van der Waals surface area contributed by atoms with Gasteiger partial charge in [-0.15, -0.1) is 0 Å². The average Bonchev–Trinajstić information content (AvgIpc) is 3.59. The molecule has 0 saturated carbocycles. The van der Waals surface area contributed by atoms with Crippen LogP contribution in [0.1, 0.15) is 44.4 Å². The fourth-order valence-corrected chi connectivity index (χ4v) is 5.14. The summed E-state index contributed by atoms with van der Waals surface area (Å²) in [5, 5.41) is 3.60. The Labute approximate surface area is 186 Å². The minimum Gasteiger partial charge on any atom is -0.468 e. The molecule has 4 heterocycles. The maximum Gasteiger partial charge on any atom is 0.239 e. The maximum absolute atomic E-state index is 12.8. The molecule has 172 valence electrons. The summed E-state index contributed by atoms with van der Waals surface area (Å²) in [7, 11) is 1.85. The Bertz CT molecular complexity index is 716. The van der Waals surface area contributed by atoms with E-state index in [-0.39, 0.29) is 12.1 Å². The number of aliphatic imine (C=N–C) groups is 1. The van der Waals surface area contributed by atoms with Crippen molar-refractivity contribution in [2.75, 3.05) is 66.0 Å². The lowest BCUT2D eigenvalue weighted by Crippen LogP contribution is -2.57. The smallest absolute Gasteiger partial charge is 0.239 e. The van der Waals surface area contributed by atoms with Gasteiger partial charge in [-0.1, -0.05) is 0 Å². The van der Waals surface area contributed by atoms with Crippen molar-refractivity contribution in [2.45, 2.75) is 44.7 Å². The van der Waals surface area contributed by atoms with Crippen molar-refractivity contribution < 1.29 is 9.21 Å². The van der Waals surface area contributed by atoms with Gasteiger partial charge in [-0.25, -0.2) is 0 Å². The Hall–Kier alpha value is -2.06. The fraction of sp³-hybridized carbons (Fsp3) is 0.739. The lowest BCUT2D eigenvalue weighted by molar-refractivity contribution is -0.135. The first-order chi connectivity index (χ1) is 15.2. The molecule has 8 heteroatoms. The molecule has 4 rings (SSSR count). The zero-order valence-corrected chi connectivity index (χ0v) is 19.1. The van der Waals surface area contributed by atoms with Crippen molar-refractivity contribution in [1.29, 1.82) is 0 Å². The van der Waals surface area contributed by atoms with Crippen LogP contribution in [0.2, 0.25) is 0 Å². The molecule has 0 aromatic carbocycles. The van der Waals surface area contributed by atoms with E-state index in [1.165, 1.54) is 12.8 Å². The number of carbonyl (C=O) groups excluding carboxylic acids is 1. The second-order valence-electron chi connectivity index (χ2n) is 8.93. The van der Waals surface area contributed by atoms with E-state index in [1.54, 1.807) is 6.26 Å². The van der Waals surface area contributed by atoms with E-state index >= 15 is 0 Å². The number of guanidine groups is 1. The summed E-state index contributed by atoms with van der Waals surface area (Å²) in [4.78, 5) is 26.5. The molecule has 8 nitrogen and oxygen atoms in total. The summed E-state index contributed by atoms with van der Waals surface area (Å²) in [5.41, 5.74) is 0. The first kappa shape index (κ1) is 22.1. The van der Waals surface area contributed by atoms with Gasteiger partial charge in [0.25, 0.3) is 0 Å². The molecule has 0 aliphatic carbocycles. The number of rotatable bonds is 6. The number of nitrogens with zero attached hydrogens (tertiary/aromatic N) is 5. The van der Waals surface area contributed by atoms with E-state index in [1.807, 2.05) is 18.0 Å². The molecule has 3 aliphatic heterocycles. The van der Waals surface area contributed by atoms with Crippen molar-refractivity contribution >= 4 is 11.9 Å². The Morgan fingerprint density at radius 2 is 1.68 bits per heavy atom. The molecule has 1 amide bonds. The molecule has 0 bridgehead atoms. The summed E-state index contributed by atoms with van der Waals surface area (Å²) in [5.74, 6) is 2.25. The van der Waals surface area contributed by atoms with Gasteiger partial charge in [0.1, 0.15) is 5.76 Å². The van der Waals surface area contributed by atoms with Gasteiger partial charge in [-0.05, 0) is 57.8 Å². The predicted molar refractivity (Wildman–Crippen MR) is 122 cm³/mol. The van der Waals surface area contributed by atoms with Gasteiger partial charge in [-0.3, -0.25) is 19.6 Å². The van der Waals surface area contributed by atoms with Crippen molar-refractivity contribution in [3.05, 3.63) is 24.2 Å². The second-order valence-corrected chi connectivity index (χ2v) is 8.93.